The van der Waals surface area contributed by atoms with Crippen molar-refractivity contribution in [3.8, 4) is 0 Å². The fourth-order valence-corrected chi connectivity index (χ4v) is 9.26. The average Bonchev–Trinajstić information content (AvgIpc) is 3.99. The van der Waals surface area contributed by atoms with E-state index in [0.29, 0.717) is 29.5 Å². The predicted molar refractivity (Wildman–Crippen MR) is 253 cm³/mol. The molecule has 17 nitrogen and oxygen atoms in total. The third-order valence-electron chi connectivity index (χ3n) is 11.2. The van der Waals surface area contributed by atoms with E-state index in [4.69, 9.17) is 0 Å². The van der Waals surface area contributed by atoms with Gasteiger partial charge in [0.25, 0.3) is 16.0 Å². The molecule has 1 fully saturated rings. The van der Waals surface area contributed by atoms with Gasteiger partial charge in [0.15, 0.2) is 0 Å². The topological polar surface area (TPSA) is 257 Å². The second-order valence-corrected chi connectivity index (χ2v) is 20.0. The lowest BCUT2D eigenvalue weighted by Gasteiger charge is -2.31. The number of carbonyl (C=O) groups excluding carboxylic acids is 6. The van der Waals surface area contributed by atoms with E-state index in [-0.39, 0.29) is 51.5 Å². The smallest absolute Gasteiger partial charge is 0.303 e. The monoisotopic (exact) mass is 960 g/mol. The van der Waals surface area contributed by atoms with E-state index in [1.807, 2.05) is 49.4 Å². The Kier molecular flexibility index (Phi) is 18.2. The molecule has 6 amide bonds. The lowest BCUT2D eigenvalue weighted by molar-refractivity contribution is -0.142. The molecule has 1 saturated heterocycles. The minimum absolute atomic E-state index is 0.0125. The first-order valence-corrected chi connectivity index (χ1v) is 24.8. The summed E-state index contributed by atoms with van der Waals surface area (Å²) in [6, 6.07) is 15.2. The number of carbonyl (C=O) groups is 7. The summed E-state index contributed by atoms with van der Waals surface area (Å²) in [6.07, 6.45) is 1.23. The summed E-state index contributed by atoms with van der Waals surface area (Å²) in [5, 5.41) is 28.5. The number of likely N-dealkylation sites (tertiary alicyclic amines) is 1. The van der Waals surface area contributed by atoms with Crippen LogP contribution in [0.1, 0.15) is 99.7 Å². The molecule has 1 aliphatic heterocycles. The maximum atomic E-state index is 14.5. The second-order valence-electron chi connectivity index (χ2n) is 17.8. The highest BCUT2D eigenvalue weighted by Crippen LogP contribution is 2.23. The largest absolute Gasteiger partial charge is 0.481 e. The molecule has 4 aromatic rings. The fourth-order valence-electron chi connectivity index (χ4n) is 8.01. The molecule has 0 saturated carbocycles. The van der Waals surface area contributed by atoms with Crippen LogP contribution in [0.2, 0.25) is 0 Å². The van der Waals surface area contributed by atoms with Crippen molar-refractivity contribution in [2.75, 3.05) is 6.54 Å². The second kappa shape index (κ2) is 23.5. The van der Waals surface area contributed by atoms with Crippen molar-refractivity contribution in [3.05, 3.63) is 106 Å². The molecule has 1 aromatic heterocycles. The number of nitrogens with zero attached hydrogens (tertiary/aromatic N) is 1. The van der Waals surface area contributed by atoms with Crippen LogP contribution in [-0.2, 0) is 57.5 Å². The van der Waals surface area contributed by atoms with Gasteiger partial charge in [-0.15, -0.1) is 0 Å². The van der Waals surface area contributed by atoms with Crippen LogP contribution < -0.4 is 26.6 Å². The number of rotatable bonds is 22. The van der Waals surface area contributed by atoms with Gasteiger partial charge in [0.2, 0.25) is 29.5 Å². The van der Waals surface area contributed by atoms with E-state index in [1.54, 1.807) is 49.7 Å². The van der Waals surface area contributed by atoms with Gasteiger partial charge in [-0.1, -0.05) is 80.1 Å². The van der Waals surface area contributed by atoms with E-state index in [2.05, 4.69) is 26.6 Å². The number of amides is 6. The number of thiophene rings is 1. The first-order valence-electron chi connectivity index (χ1n) is 22.3. The first kappa shape index (κ1) is 51.8. The van der Waals surface area contributed by atoms with Crippen molar-refractivity contribution in [1.82, 2.24) is 31.5 Å². The lowest BCUT2D eigenvalue weighted by Crippen LogP contribution is -2.59. The Balaban J connectivity index is 1.37. The number of aliphatic carboxylic acids is 1. The summed E-state index contributed by atoms with van der Waals surface area (Å²) in [6.45, 7) is 7.34. The van der Waals surface area contributed by atoms with Crippen molar-refractivity contribution in [1.29, 1.82) is 0 Å². The normalized spacial score (nSPS) is 15.7. The van der Waals surface area contributed by atoms with Gasteiger partial charge in [0.1, 0.15) is 36.0 Å². The highest BCUT2D eigenvalue weighted by molar-refractivity contribution is 7.85. The van der Waals surface area contributed by atoms with E-state index >= 15 is 0 Å². The Hall–Kier alpha value is -6.18. The minimum atomic E-state index is -4.29. The highest BCUT2D eigenvalue weighted by Gasteiger charge is 2.40. The quantitative estimate of drug-likeness (QED) is 0.0547. The van der Waals surface area contributed by atoms with Crippen LogP contribution in [0.15, 0.2) is 83.6 Å². The third kappa shape index (κ3) is 15.7. The van der Waals surface area contributed by atoms with Crippen LogP contribution in [0.4, 0.5) is 0 Å². The van der Waals surface area contributed by atoms with Crippen molar-refractivity contribution in [2.45, 2.75) is 127 Å². The Labute approximate surface area is 394 Å². The third-order valence-corrected chi connectivity index (χ3v) is 12.6. The molecule has 1 aliphatic rings. The predicted octanol–water partition coefficient (Wildman–Crippen LogP) is 4.29. The molecule has 2 heterocycles. The summed E-state index contributed by atoms with van der Waals surface area (Å²) in [5.74, 6) is -5.19. The van der Waals surface area contributed by atoms with Crippen LogP contribution in [0, 0.1) is 0 Å². The van der Waals surface area contributed by atoms with E-state index in [1.165, 1.54) is 28.4 Å². The zero-order valence-corrected chi connectivity index (χ0v) is 39.7. The van der Waals surface area contributed by atoms with Crippen LogP contribution in [0.5, 0.6) is 0 Å². The average molecular weight is 961 g/mol. The molecule has 360 valence electrons. The summed E-state index contributed by atoms with van der Waals surface area (Å²) < 4.78 is 32.1. The van der Waals surface area contributed by atoms with Gasteiger partial charge in [-0.25, -0.2) is 0 Å². The molecule has 0 unspecified atom stereocenters. The van der Waals surface area contributed by atoms with Crippen LogP contribution in [-0.4, -0.2) is 107 Å². The zero-order chi connectivity index (χ0) is 48.9. The number of benzene rings is 3. The van der Waals surface area contributed by atoms with Crippen molar-refractivity contribution in [3.63, 3.8) is 0 Å². The molecule has 5 atom stereocenters. The highest BCUT2D eigenvalue weighted by atomic mass is 32.2. The molecule has 19 heteroatoms. The van der Waals surface area contributed by atoms with Crippen molar-refractivity contribution >= 4 is 73.6 Å². The van der Waals surface area contributed by atoms with Gasteiger partial charge in [-0.05, 0) is 91.8 Å². The molecule has 0 bridgehead atoms. The standard InChI is InChI=1S/C48H60N6O11S2/c1-5-11-37(50-43(58)38(51-42(57)34-23-25-66-28-34)26-30-19-21-31(22-20-30)29-67(63,64)65)47(62)54-24-10-17-40(54)46(61)52-39(27-33-14-8-13-32-12-6-7-15-35(32)33)44(59)49-36(16-9-18-41(55)56)45(60)53-48(2,3)4/h6-8,12-15,19-23,25,28,36-40H,5,9-11,16-18,24,26-27,29H2,1-4H3,(H,49,59)(H,50,58)(H,51,57)(H,52,61)(H,53,60)(H,55,56)(H,63,64,65)/t36-,37-,38-,39-,40-/m0/s1. The maximum absolute atomic E-state index is 14.5. The molecule has 0 spiro atoms. The van der Waals surface area contributed by atoms with Gasteiger partial charge in [0, 0.05) is 36.7 Å². The minimum Gasteiger partial charge on any atom is -0.481 e. The van der Waals surface area contributed by atoms with E-state index in [9.17, 15) is 51.6 Å². The molecule has 3 aromatic carbocycles. The van der Waals surface area contributed by atoms with Gasteiger partial charge >= 0.3 is 5.97 Å². The first-order chi connectivity index (χ1) is 31.7. The van der Waals surface area contributed by atoms with Crippen molar-refractivity contribution < 1.29 is 51.6 Å². The molecular formula is C48H60N6O11S2. The van der Waals surface area contributed by atoms with Gasteiger partial charge in [-0.2, -0.15) is 19.8 Å². The molecular weight excluding hydrogens is 901 g/mol. The maximum Gasteiger partial charge on any atom is 0.303 e. The number of carboxylic acid groups (broad SMARTS) is 1. The molecule has 0 aliphatic carbocycles. The lowest BCUT2D eigenvalue weighted by atomic mass is 9.97. The van der Waals surface area contributed by atoms with E-state index in [0.717, 1.165) is 16.3 Å². The van der Waals surface area contributed by atoms with Crippen LogP contribution in [0.25, 0.3) is 10.8 Å². The van der Waals surface area contributed by atoms with Gasteiger partial charge in [0.05, 0.1) is 5.56 Å². The Morgan fingerprint density at radius 3 is 2.07 bits per heavy atom. The van der Waals surface area contributed by atoms with Gasteiger partial charge < -0.3 is 36.6 Å². The summed E-state index contributed by atoms with van der Waals surface area (Å²) in [4.78, 5) is 96.9. The number of hydrogen-bond acceptors (Lipinski definition) is 10. The number of carboxylic acids is 1. The Bertz CT molecular complexity index is 2500. The molecule has 67 heavy (non-hydrogen) atoms. The number of fused-ring (bicyclic) bond motifs is 1. The molecule has 7 N–H and O–H groups in total. The number of hydrogen-bond donors (Lipinski definition) is 7. The molecule has 0 radical (unpaired) electrons. The zero-order valence-electron chi connectivity index (χ0n) is 38.1. The Morgan fingerprint density at radius 1 is 0.776 bits per heavy atom. The SMILES string of the molecule is CCC[C@H](NC(=O)[C@H](Cc1ccc(CS(=O)(=O)O)cc1)NC(=O)c1ccsc1)C(=O)N1CCC[C@H]1C(=O)N[C@@H](Cc1cccc2ccccc12)C(=O)N[C@@H](CCCC(=O)O)C(=O)NC(C)(C)C. The summed E-state index contributed by atoms with van der Waals surface area (Å²) in [7, 11) is -4.29. The van der Waals surface area contributed by atoms with Crippen molar-refractivity contribution in [2.24, 2.45) is 0 Å². The fraction of sp³-hybridized carbons (Fsp3) is 0.438. The van der Waals surface area contributed by atoms with Crippen LogP contribution >= 0.6 is 11.3 Å². The number of nitrogens with one attached hydrogen (secondary N) is 5. The van der Waals surface area contributed by atoms with Gasteiger partial charge in [-0.3, -0.25) is 38.1 Å². The van der Waals surface area contributed by atoms with E-state index < -0.39 is 93.0 Å². The van der Waals surface area contributed by atoms with Crippen LogP contribution in [0.3, 0.4) is 0 Å². The summed E-state index contributed by atoms with van der Waals surface area (Å²) >= 11 is 1.30. The Morgan fingerprint density at radius 2 is 1.43 bits per heavy atom. The summed E-state index contributed by atoms with van der Waals surface area (Å²) in [5.41, 5.74) is 1.27. The molecule has 5 rings (SSSR count).